The number of carbonyl (C=O) groups excluding carboxylic acids is 1. The number of furan rings is 1. The molecule has 4 aromatic rings. The van der Waals surface area contributed by atoms with Gasteiger partial charge in [0.2, 0.25) is 5.91 Å². The number of nitrogens with zero attached hydrogens (tertiary/aromatic N) is 3. The highest BCUT2D eigenvalue weighted by atomic mass is 35.5. The number of nitrogens with one attached hydrogen (secondary N) is 1. The first-order valence-corrected chi connectivity index (χ1v) is 11.3. The summed E-state index contributed by atoms with van der Waals surface area (Å²) in [6, 6.07) is 17.7. The average Bonchev–Trinajstić information content (AvgIpc) is 3.42. The van der Waals surface area contributed by atoms with Gasteiger partial charge in [-0.25, -0.2) is 0 Å². The fourth-order valence-corrected chi connectivity index (χ4v) is 3.89. The Balaban J connectivity index is 1.44. The van der Waals surface area contributed by atoms with Crippen molar-refractivity contribution in [2.45, 2.75) is 18.3 Å². The Morgan fingerprint density at radius 1 is 1.06 bits per heavy atom. The summed E-state index contributed by atoms with van der Waals surface area (Å²) in [5.74, 6) is 1.98. The van der Waals surface area contributed by atoms with E-state index in [0.29, 0.717) is 39.0 Å². The Bertz CT molecular complexity index is 1180. The highest BCUT2D eigenvalue weighted by molar-refractivity contribution is 7.99. The van der Waals surface area contributed by atoms with E-state index in [4.69, 9.17) is 32.4 Å². The van der Waals surface area contributed by atoms with Crippen molar-refractivity contribution in [3.63, 3.8) is 0 Å². The van der Waals surface area contributed by atoms with Crippen LogP contribution >= 0.6 is 35.0 Å². The lowest BCUT2D eigenvalue weighted by atomic mass is 10.3. The SMILES string of the molecule is O=C(CSc1nnc(COc2ccc(Cl)cc2)n1Cc1ccco1)Nc1cccc(Cl)c1. The number of carbonyl (C=O) groups is 1. The number of halogens is 2. The van der Waals surface area contributed by atoms with Gasteiger partial charge < -0.3 is 14.5 Å². The third kappa shape index (κ3) is 6.06. The van der Waals surface area contributed by atoms with Gasteiger partial charge in [-0.3, -0.25) is 9.36 Å². The maximum Gasteiger partial charge on any atom is 0.234 e. The van der Waals surface area contributed by atoms with Crippen molar-refractivity contribution in [3.8, 4) is 5.75 Å². The van der Waals surface area contributed by atoms with Crippen molar-refractivity contribution in [2.24, 2.45) is 0 Å². The van der Waals surface area contributed by atoms with Gasteiger partial charge in [-0.15, -0.1) is 10.2 Å². The predicted octanol–water partition coefficient (Wildman–Crippen LogP) is 5.54. The van der Waals surface area contributed by atoms with Gasteiger partial charge in [0.05, 0.1) is 18.6 Å². The van der Waals surface area contributed by atoms with Crippen molar-refractivity contribution in [1.29, 1.82) is 0 Å². The summed E-state index contributed by atoms with van der Waals surface area (Å²) in [4.78, 5) is 12.4. The van der Waals surface area contributed by atoms with Crippen molar-refractivity contribution in [2.75, 3.05) is 11.1 Å². The van der Waals surface area contributed by atoms with Gasteiger partial charge in [0.15, 0.2) is 11.0 Å². The summed E-state index contributed by atoms with van der Waals surface area (Å²) < 4.78 is 13.2. The van der Waals surface area contributed by atoms with E-state index in [2.05, 4.69) is 15.5 Å². The molecule has 0 aliphatic carbocycles. The van der Waals surface area contributed by atoms with Gasteiger partial charge in [-0.1, -0.05) is 41.0 Å². The summed E-state index contributed by atoms with van der Waals surface area (Å²) in [7, 11) is 0. The Kier molecular flexibility index (Phi) is 7.36. The van der Waals surface area contributed by atoms with Crippen LogP contribution in [0, 0.1) is 0 Å². The zero-order valence-corrected chi connectivity index (χ0v) is 19.0. The van der Waals surface area contributed by atoms with Crippen LogP contribution in [0.25, 0.3) is 0 Å². The first-order valence-electron chi connectivity index (χ1n) is 9.58. The molecule has 1 N–H and O–H groups in total. The zero-order valence-electron chi connectivity index (χ0n) is 16.7. The minimum atomic E-state index is -0.177. The molecule has 0 radical (unpaired) electrons. The largest absolute Gasteiger partial charge is 0.486 e. The molecule has 0 atom stereocenters. The minimum absolute atomic E-state index is 0.154. The summed E-state index contributed by atoms with van der Waals surface area (Å²) in [6.07, 6.45) is 1.61. The molecular formula is C22H18Cl2N4O3S. The van der Waals surface area contributed by atoms with Gasteiger partial charge >= 0.3 is 0 Å². The number of ether oxygens (including phenoxy) is 1. The maximum atomic E-state index is 12.4. The molecule has 0 unspecified atom stereocenters. The fourth-order valence-electron chi connectivity index (χ4n) is 2.82. The lowest BCUT2D eigenvalue weighted by Crippen LogP contribution is -2.15. The monoisotopic (exact) mass is 488 g/mol. The first-order chi connectivity index (χ1) is 15.6. The number of rotatable bonds is 9. The van der Waals surface area contributed by atoms with E-state index in [1.165, 1.54) is 11.8 Å². The van der Waals surface area contributed by atoms with E-state index in [1.807, 2.05) is 16.7 Å². The second-order valence-electron chi connectivity index (χ2n) is 6.65. The van der Waals surface area contributed by atoms with Crippen LogP contribution in [-0.4, -0.2) is 26.4 Å². The summed E-state index contributed by atoms with van der Waals surface area (Å²) in [6.45, 7) is 0.613. The molecule has 7 nitrogen and oxygen atoms in total. The molecule has 2 aromatic carbocycles. The third-order valence-electron chi connectivity index (χ3n) is 4.31. The van der Waals surface area contributed by atoms with Gasteiger partial charge in [-0.2, -0.15) is 0 Å². The molecule has 2 heterocycles. The lowest BCUT2D eigenvalue weighted by Gasteiger charge is -2.10. The quantitative estimate of drug-likeness (QED) is 0.311. The van der Waals surface area contributed by atoms with Crippen LogP contribution in [0.1, 0.15) is 11.6 Å². The zero-order chi connectivity index (χ0) is 22.3. The Morgan fingerprint density at radius 3 is 2.66 bits per heavy atom. The lowest BCUT2D eigenvalue weighted by molar-refractivity contribution is -0.113. The van der Waals surface area contributed by atoms with E-state index < -0.39 is 0 Å². The van der Waals surface area contributed by atoms with Gasteiger partial charge in [0.1, 0.15) is 18.1 Å². The summed E-state index contributed by atoms with van der Waals surface area (Å²) >= 11 is 13.2. The molecule has 0 fully saturated rings. The van der Waals surface area contributed by atoms with Crippen LogP contribution in [0.15, 0.2) is 76.5 Å². The molecule has 0 bridgehead atoms. The molecule has 32 heavy (non-hydrogen) atoms. The molecule has 0 aliphatic heterocycles. The number of hydrogen-bond donors (Lipinski definition) is 1. The van der Waals surface area contributed by atoms with Gasteiger partial charge in [-0.05, 0) is 54.6 Å². The normalized spacial score (nSPS) is 10.8. The second kappa shape index (κ2) is 10.6. The molecule has 10 heteroatoms. The van der Waals surface area contributed by atoms with E-state index in [9.17, 15) is 4.79 Å². The Labute approximate surface area is 198 Å². The number of anilines is 1. The Morgan fingerprint density at radius 2 is 1.91 bits per heavy atom. The maximum absolute atomic E-state index is 12.4. The van der Waals surface area contributed by atoms with E-state index >= 15 is 0 Å². The first kappa shape index (κ1) is 22.3. The number of benzene rings is 2. The molecule has 0 saturated carbocycles. The molecule has 164 valence electrons. The van der Waals surface area contributed by atoms with Crippen LogP contribution in [0.5, 0.6) is 5.75 Å². The highest BCUT2D eigenvalue weighted by Gasteiger charge is 2.16. The van der Waals surface area contributed by atoms with Crippen LogP contribution in [-0.2, 0) is 17.9 Å². The van der Waals surface area contributed by atoms with Crippen molar-refractivity contribution >= 4 is 46.6 Å². The molecule has 1 amide bonds. The highest BCUT2D eigenvalue weighted by Crippen LogP contribution is 2.22. The predicted molar refractivity (Wildman–Crippen MR) is 124 cm³/mol. The topological polar surface area (TPSA) is 82.2 Å². The van der Waals surface area contributed by atoms with Crippen LogP contribution in [0.4, 0.5) is 5.69 Å². The average molecular weight is 489 g/mol. The summed E-state index contributed by atoms with van der Waals surface area (Å²) in [5, 5.41) is 13.1. The van der Waals surface area contributed by atoms with Crippen molar-refractivity contribution in [1.82, 2.24) is 14.8 Å². The van der Waals surface area contributed by atoms with Crippen LogP contribution in [0.3, 0.4) is 0 Å². The number of hydrogen-bond acceptors (Lipinski definition) is 6. The van der Waals surface area contributed by atoms with Crippen LogP contribution < -0.4 is 10.1 Å². The van der Waals surface area contributed by atoms with E-state index in [0.717, 1.165) is 5.76 Å². The smallest absolute Gasteiger partial charge is 0.234 e. The van der Waals surface area contributed by atoms with E-state index in [-0.39, 0.29) is 18.3 Å². The molecular weight excluding hydrogens is 471 g/mol. The van der Waals surface area contributed by atoms with Crippen molar-refractivity contribution in [3.05, 3.63) is 88.6 Å². The number of aromatic nitrogens is 3. The van der Waals surface area contributed by atoms with Crippen molar-refractivity contribution < 1.29 is 13.9 Å². The van der Waals surface area contributed by atoms with E-state index in [1.54, 1.807) is 54.8 Å². The van der Waals surface area contributed by atoms with Gasteiger partial charge in [0, 0.05) is 15.7 Å². The summed E-state index contributed by atoms with van der Waals surface area (Å²) in [5.41, 5.74) is 0.636. The minimum Gasteiger partial charge on any atom is -0.486 e. The second-order valence-corrected chi connectivity index (χ2v) is 8.47. The van der Waals surface area contributed by atoms with Crippen LogP contribution in [0.2, 0.25) is 10.0 Å². The molecule has 0 saturated heterocycles. The fraction of sp³-hybridized carbons (Fsp3) is 0.136. The molecule has 4 rings (SSSR count). The molecule has 0 aliphatic rings. The number of thioether (sulfide) groups is 1. The third-order valence-corrected chi connectivity index (χ3v) is 5.76. The number of amides is 1. The standard InChI is InChI=1S/C22H18Cl2N4O3S/c23-15-6-8-18(9-7-15)31-13-20-26-27-22(28(20)12-19-5-2-10-30-19)32-14-21(29)25-17-4-1-3-16(24)11-17/h1-11H,12-14H2,(H,25,29). The van der Waals surface area contributed by atoms with Gasteiger partial charge in [0.25, 0.3) is 0 Å². The Hall–Kier alpha value is -2.94. The molecule has 0 spiro atoms. The molecule has 2 aromatic heterocycles.